The third-order valence-electron chi connectivity index (χ3n) is 4.54. The van der Waals surface area contributed by atoms with Crippen molar-refractivity contribution in [3.05, 3.63) is 78.4 Å². The van der Waals surface area contributed by atoms with Crippen molar-refractivity contribution in [2.24, 2.45) is 4.99 Å². The molecule has 6 heteroatoms. The molecule has 0 spiro atoms. The van der Waals surface area contributed by atoms with E-state index in [1.54, 1.807) is 31.5 Å². The number of benzene rings is 3. The van der Waals surface area contributed by atoms with E-state index in [4.69, 9.17) is 14.5 Å². The van der Waals surface area contributed by atoms with Crippen molar-refractivity contribution in [1.29, 1.82) is 0 Å². The molecule has 0 aliphatic rings. The second-order valence-corrected chi connectivity index (χ2v) is 7.44. The number of hydrogen-bond acceptors (Lipinski definition) is 6. The van der Waals surface area contributed by atoms with Crippen LogP contribution in [0.25, 0.3) is 21.7 Å². The van der Waals surface area contributed by atoms with Crippen LogP contribution >= 0.6 is 11.3 Å². The standard InChI is InChI=1S/C24H20N2O3S/c1-28-19-11-9-17(10-12-19)22-23(18-6-4-3-5-7-18)30-24(26-22)25-15-16-8-13-20(27)21(14-16)29-2/h3-15,27H,1-2H3. The maximum atomic E-state index is 9.76. The molecule has 0 bridgehead atoms. The van der Waals surface area contributed by atoms with Gasteiger partial charge in [-0.15, -0.1) is 0 Å². The largest absolute Gasteiger partial charge is 0.504 e. The fraction of sp³-hybridized carbons (Fsp3) is 0.0833. The van der Waals surface area contributed by atoms with Crippen LogP contribution in [-0.4, -0.2) is 30.5 Å². The minimum Gasteiger partial charge on any atom is -0.504 e. The Bertz CT molecular complexity index is 1170. The topological polar surface area (TPSA) is 63.9 Å². The van der Waals surface area contributed by atoms with Gasteiger partial charge in [-0.2, -0.15) is 0 Å². The van der Waals surface area contributed by atoms with Gasteiger partial charge in [-0.25, -0.2) is 9.98 Å². The van der Waals surface area contributed by atoms with Gasteiger partial charge in [0.25, 0.3) is 0 Å². The molecule has 0 aliphatic carbocycles. The number of aromatic hydroxyl groups is 1. The average Bonchev–Trinajstić information content (AvgIpc) is 3.23. The predicted molar refractivity (Wildman–Crippen MR) is 121 cm³/mol. The minimum atomic E-state index is 0.0945. The van der Waals surface area contributed by atoms with Crippen LogP contribution in [0, 0.1) is 0 Å². The Morgan fingerprint density at radius 1 is 0.900 bits per heavy atom. The molecule has 30 heavy (non-hydrogen) atoms. The summed E-state index contributed by atoms with van der Waals surface area (Å²) in [7, 11) is 3.17. The summed E-state index contributed by atoms with van der Waals surface area (Å²) in [6, 6.07) is 23.1. The maximum Gasteiger partial charge on any atom is 0.210 e. The number of phenolic OH excluding ortho intramolecular Hbond substituents is 1. The molecule has 3 aromatic carbocycles. The van der Waals surface area contributed by atoms with Crippen LogP contribution in [-0.2, 0) is 0 Å². The van der Waals surface area contributed by atoms with Crippen LogP contribution < -0.4 is 9.47 Å². The van der Waals surface area contributed by atoms with Gasteiger partial charge in [0.1, 0.15) is 5.75 Å². The molecule has 150 valence electrons. The second-order valence-electron chi connectivity index (χ2n) is 6.46. The molecule has 0 radical (unpaired) electrons. The molecule has 0 atom stereocenters. The number of aliphatic imine (C=N–C) groups is 1. The molecule has 0 saturated heterocycles. The Morgan fingerprint density at radius 2 is 1.67 bits per heavy atom. The average molecular weight is 417 g/mol. The summed E-state index contributed by atoms with van der Waals surface area (Å²) >= 11 is 1.53. The first-order valence-electron chi connectivity index (χ1n) is 9.29. The van der Waals surface area contributed by atoms with Crippen molar-refractivity contribution in [3.63, 3.8) is 0 Å². The Balaban J connectivity index is 1.73. The first kappa shape index (κ1) is 19.7. The fourth-order valence-corrected chi connectivity index (χ4v) is 3.94. The highest BCUT2D eigenvalue weighted by atomic mass is 32.1. The Labute approximate surface area is 178 Å². The highest BCUT2D eigenvalue weighted by molar-refractivity contribution is 7.19. The lowest BCUT2D eigenvalue weighted by molar-refractivity contribution is 0.373. The number of hydrogen-bond donors (Lipinski definition) is 1. The molecule has 4 aromatic rings. The van der Waals surface area contributed by atoms with E-state index in [0.717, 1.165) is 33.0 Å². The Hall–Kier alpha value is -3.64. The van der Waals surface area contributed by atoms with Gasteiger partial charge in [-0.05, 0) is 53.6 Å². The number of rotatable bonds is 6. The van der Waals surface area contributed by atoms with E-state index >= 15 is 0 Å². The van der Waals surface area contributed by atoms with Crippen LogP contribution in [0.5, 0.6) is 17.2 Å². The zero-order valence-corrected chi connectivity index (χ0v) is 17.4. The molecule has 1 heterocycles. The lowest BCUT2D eigenvalue weighted by Crippen LogP contribution is -1.87. The Kier molecular flexibility index (Phi) is 5.77. The highest BCUT2D eigenvalue weighted by Crippen LogP contribution is 2.40. The number of nitrogens with zero attached hydrogens (tertiary/aromatic N) is 2. The Morgan fingerprint density at radius 3 is 2.37 bits per heavy atom. The molecule has 5 nitrogen and oxygen atoms in total. The van der Waals surface area contributed by atoms with Gasteiger partial charge in [0.15, 0.2) is 11.5 Å². The van der Waals surface area contributed by atoms with E-state index in [2.05, 4.69) is 17.1 Å². The van der Waals surface area contributed by atoms with Gasteiger partial charge in [0, 0.05) is 11.8 Å². The number of thiazole rings is 1. The van der Waals surface area contributed by atoms with Crippen LogP contribution in [0.15, 0.2) is 77.8 Å². The maximum absolute atomic E-state index is 9.76. The fourth-order valence-electron chi connectivity index (χ4n) is 3.00. The van der Waals surface area contributed by atoms with Crippen LogP contribution in [0.3, 0.4) is 0 Å². The molecule has 0 aliphatic heterocycles. The summed E-state index contributed by atoms with van der Waals surface area (Å²) in [5.41, 5.74) is 3.78. The highest BCUT2D eigenvalue weighted by Gasteiger charge is 2.15. The van der Waals surface area contributed by atoms with Gasteiger partial charge in [-0.3, -0.25) is 0 Å². The smallest absolute Gasteiger partial charge is 0.210 e. The van der Waals surface area contributed by atoms with Gasteiger partial charge >= 0.3 is 0 Å². The van der Waals surface area contributed by atoms with Gasteiger partial charge in [0.2, 0.25) is 5.13 Å². The molecule has 1 N–H and O–H groups in total. The van der Waals surface area contributed by atoms with Gasteiger partial charge < -0.3 is 14.6 Å². The van der Waals surface area contributed by atoms with Gasteiger partial charge in [-0.1, -0.05) is 41.7 Å². The number of ether oxygens (including phenoxy) is 2. The lowest BCUT2D eigenvalue weighted by atomic mass is 10.1. The van der Waals surface area contributed by atoms with Crippen LogP contribution in [0.4, 0.5) is 5.13 Å². The number of phenols is 1. The molecule has 0 fully saturated rings. The third kappa shape index (κ3) is 4.18. The molecule has 0 saturated carbocycles. The summed E-state index contributed by atoms with van der Waals surface area (Å²) in [5.74, 6) is 1.30. The zero-order valence-electron chi connectivity index (χ0n) is 16.6. The molecule has 0 amide bonds. The predicted octanol–water partition coefficient (Wildman–Crippen LogP) is 5.95. The van der Waals surface area contributed by atoms with Crippen LogP contribution in [0.2, 0.25) is 0 Å². The van der Waals surface area contributed by atoms with Crippen molar-refractivity contribution < 1.29 is 14.6 Å². The van der Waals surface area contributed by atoms with E-state index in [0.29, 0.717) is 10.9 Å². The SMILES string of the molecule is COc1ccc(-c2nc(N=Cc3ccc(O)c(OC)c3)sc2-c2ccccc2)cc1. The summed E-state index contributed by atoms with van der Waals surface area (Å²) in [6.45, 7) is 0. The lowest BCUT2D eigenvalue weighted by Gasteiger charge is -2.04. The summed E-state index contributed by atoms with van der Waals surface area (Å²) in [5, 5.41) is 10.4. The van der Waals surface area contributed by atoms with E-state index < -0.39 is 0 Å². The summed E-state index contributed by atoms with van der Waals surface area (Å²) in [4.78, 5) is 10.4. The molecule has 1 aromatic heterocycles. The first-order chi connectivity index (χ1) is 14.7. The van der Waals surface area contributed by atoms with E-state index in [1.807, 2.05) is 42.5 Å². The van der Waals surface area contributed by atoms with Gasteiger partial charge in [0.05, 0.1) is 24.8 Å². The summed E-state index contributed by atoms with van der Waals surface area (Å²) < 4.78 is 10.4. The second kappa shape index (κ2) is 8.80. The monoisotopic (exact) mass is 416 g/mol. The van der Waals surface area contributed by atoms with Crippen molar-refractivity contribution >= 4 is 22.7 Å². The van der Waals surface area contributed by atoms with Crippen LogP contribution in [0.1, 0.15) is 5.56 Å². The van der Waals surface area contributed by atoms with Crippen molar-refractivity contribution in [3.8, 4) is 38.9 Å². The molecular formula is C24H20N2O3S. The molecule has 4 rings (SSSR count). The molecule has 0 unspecified atom stereocenters. The van der Waals surface area contributed by atoms with Crippen molar-refractivity contribution in [2.45, 2.75) is 0 Å². The minimum absolute atomic E-state index is 0.0945. The summed E-state index contributed by atoms with van der Waals surface area (Å²) in [6.07, 6.45) is 1.72. The third-order valence-corrected chi connectivity index (χ3v) is 5.56. The molecular weight excluding hydrogens is 396 g/mol. The zero-order chi connectivity index (χ0) is 20.9. The van der Waals surface area contributed by atoms with Crippen molar-refractivity contribution in [1.82, 2.24) is 4.98 Å². The van der Waals surface area contributed by atoms with E-state index in [-0.39, 0.29) is 5.75 Å². The number of methoxy groups -OCH3 is 2. The number of aromatic nitrogens is 1. The quantitative estimate of drug-likeness (QED) is 0.395. The van der Waals surface area contributed by atoms with E-state index in [1.165, 1.54) is 18.4 Å². The first-order valence-corrected chi connectivity index (χ1v) is 10.1. The normalized spacial score (nSPS) is 11.0. The van der Waals surface area contributed by atoms with Crippen molar-refractivity contribution in [2.75, 3.05) is 14.2 Å². The van der Waals surface area contributed by atoms with E-state index in [9.17, 15) is 5.11 Å².